The van der Waals surface area contributed by atoms with Crippen LogP contribution >= 0.6 is 0 Å². The van der Waals surface area contributed by atoms with E-state index in [1.807, 2.05) is 6.92 Å². The van der Waals surface area contributed by atoms with Crippen molar-refractivity contribution in [1.82, 2.24) is 4.98 Å². The van der Waals surface area contributed by atoms with E-state index in [2.05, 4.69) is 10.3 Å². The summed E-state index contributed by atoms with van der Waals surface area (Å²) in [5.74, 6) is -0.962. The Hall–Kier alpha value is -3.09. The summed E-state index contributed by atoms with van der Waals surface area (Å²) >= 11 is 0. The number of anilines is 1. The molecule has 0 bridgehead atoms. The number of nitrogens with one attached hydrogen (secondary N) is 1. The van der Waals surface area contributed by atoms with Crippen LogP contribution in [0.15, 0.2) is 36.5 Å². The maximum atomic E-state index is 11.6. The lowest BCUT2D eigenvalue weighted by Crippen LogP contribution is -2.14. The number of carbonyl (C=O) groups excluding carboxylic acids is 1. The molecule has 0 fully saturated rings. The number of ether oxygens (including phenoxy) is 2. The van der Waals surface area contributed by atoms with E-state index in [0.717, 1.165) is 18.4 Å². The molecule has 0 saturated carbocycles. The Labute approximate surface area is 145 Å². The maximum absolute atomic E-state index is 11.6. The third kappa shape index (κ3) is 4.94. The first-order valence-corrected chi connectivity index (χ1v) is 7.86. The molecule has 7 nitrogen and oxygen atoms in total. The molecule has 0 spiro atoms. The number of rotatable bonds is 7. The van der Waals surface area contributed by atoms with E-state index in [0.29, 0.717) is 17.9 Å². The van der Waals surface area contributed by atoms with Crippen LogP contribution in [-0.2, 0) is 4.74 Å². The molecule has 0 radical (unpaired) electrons. The minimum absolute atomic E-state index is 0.139. The van der Waals surface area contributed by atoms with Crippen molar-refractivity contribution >= 4 is 17.7 Å². The van der Waals surface area contributed by atoms with Crippen molar-refractivity contribution in [2.24, 2.45) is 0 Å². The Morgan fingerprint density at radius 1 is 1.20 bits per heavy atom. The maximum Gasteiger partial charge on any atom is 0.411 e. The van der Waals surface area contributed by atoms with Crippen molar-refractivity contribution in [2.45, 2.75) is 19.8 Å². The average molecular weight is 344 g/mol. The van der Waals surface area contributed by atoms with Crippen LogP contribution in [0.3, 0.4) is 0 Å². The molecule has 0 aliphatic carbocycles. The lowest BCUT2D eigenvalue weighted by atomic mass is 10.1. The van der Waals surface area contributed by atoms with Crippen molar-refractivity contribution in [3.05, 3.63) is 42.2 Å². The van der Waals surface area contributed by atoms with Crippen LogP contribution in [0.4, 0.5) is 10.5 Å². The molecule has 1 aromatic carbocycles. The zero-order valence-corrected chi connectivity index (χ0v) is 14.1. The summed E-state index contributed by atoms with van der Waals surface area (Å²) in [7, 11) is 1.39. The number of pyridine rings is 1. The van der Waals surface area contributed by atoms with E-state index in [-0.39, 0.29) is 11.4 Å². The van der Waals surface area contributed by atoms with Gasteiger partial charge >= 0.3 is 12.1 Å². The van der Waals surface area contributed by atoms with Gasteiger partial charge in [0.25, 0.3) is 0 Å². The van der Waals surface area contributed by atoms with Gasteiger partial charge in [0.05, 0.1) is 13.7 Å². The van der Waals surface area contributed by atoms with Gasteiger partial charge in [-0.15, -0.1) is 0 Å². The number of carbonyl (C=O) groups is 2. The van der Waals surface area contributed by atoms with E-state index >= 15 is 0 Å². The Balaban J connectivity index is 2.09. The number of nitrogens with zero attached hydrogens (tertiary/aromatic N) is 1. The van der Waals surface area contributed by atoms with Gasteiger partial charge in [0.2, 0.25) is 0 Å². The normalized spacial score (nSPS) is 10.2. The van der Waals surface area contributed by atoms with Crippen LogP contribution in [-0.4, -0.2) is 35.9 Å². The molecule has 1 heterocycles. The Kier molecular flexibility index (Phi) is 6.33. The summed E-state index contributed by atoms with van der Waals surface area (Å²) in [6.07, 6.45) is 2.76. The highest BCUT2D eigenvalue weighted by Crippen LogP contribution is 2.26. The number of hydrogen-bond acceptors (Lipinski definition) is 5. The Morgan fingerprint density at radius 3 is 2.52 bits per heavy atom. The lowest BCUT2D eigenvalue weighted by Gasteiger charge is -2.09. The second-order valence-electron chi connectivity index (χ2n) is 5.27. The highest BCUT2D eigenvalue weighted by atomic mass is 16.5. The van der Waals surface area contributed by atoms with Crippen LogP contribution in [0, 0.1) is 0 Å². The summed E-state index contributed by atoms with van der Waals surface area (Å²) < 4.78 is 10.1. The molecule has 0 saturated heterocycles. The lowest BCUT2D eigenvalue weighted by molar-refractivity contribution is 0.0686. The van der Waals surface area contributed by atoms with Crippen molar-refractivity contribution in [2.75, 3.05) is 19.0 Å². The predicted octanol–water partition coefficient (Wildman–Crippen LogP) is 3.80. The van der Waals surface area contributed by atoms with Gasteiger partial charge in [0.1, 0.15) is 0 Å². The molecule has 0 aliphatic rings. The van der Waals surface area contributed by atoms with Gasteiger partial charge in [0.15, 0.2) is 11.4 Å². The number of aromatic carboxylic acids is 1. The number of aromatic nitrogens is 1. The molecule has 2 N–H and O–H groups in total. The van der Waals surface area contributed by atoms with Crippen molar-refractivity contribution in [3.63, 3.8) is 0 Å². The van der Waals surface area contributed by atoms with Gasteiger partial charge in [-0.05, 0) is 30.2 Å². The minimum atomic E-state index is -1.15. The summed E-state index contributed by atoms with van der Waals surface area (Å²) in [5.41, 5.74) is 1.98. The van der Waals surface area contributed by atoms with Crippen LogP contribution < -0.4 is 10.1 Å². The SMILES string of the molecule is CCCCOC(=O)Nc1ccc(-c2cnc(C(=O)O)c(OC)c2)cc1. The first-order valence-electron chi connectivity index (χ1n) is 7.86. The first kappa shape index (κ1) is 18.3. The fraction of sp³-hybridized carbons (Fsp3) is 0.278. The van der Waals surface area contributed by atoms with E-state index in [4.69, 9.17) is 14.6 Å². The standard InChI is InChI=1S/C18H20N2O5/c1-3-4-9-25-18(23)20-14-7-5-12(6-8-14)13-10-15(24-2)16(17(21)22)19-11-13/h5-8,10-11H,3-4,9H2,1-2H3,(H,20,23)(H,21,22). The van der Waals surface area contributed by atoms with Crippen LogP contribution in [0.5, 0.6) is 5.75 Å². The fourth-order valence-electron chi connectivity index (χ4n) is 2.13. The topological polar surface area (TPSA) is 97.8 Å². The monoisotopic (exact) mass is 344 g/mol. The number of benzene rings is 1. The Morgan fingerprint density at radius 2 is 1.92 bits per heavy atom. The van der Waals surface area contributed by atoms with Crippen molar-refractivity contribution in [3.8, 4) is 16.9 Å². The average Bonchev–Trinajstić information content (AvgIpc) is 2.62. The number of carboxylic acids is 1. The smallest absolute Gasteiger partial charge is 0.411 e. The van der Waals surface area contributed by atoms with E-state index in [9.17, 15) is 9.59 Å². The van der Waals surface area contributed by atoms with E-state index < -0.39 is 12.1 Å². The summed E-state index contributed by atoms with van der Waals surface area (Å²) in [5, 5.41) is 11.7. The second-order valence-corrected chi connectivity index (χ2v) is 5.27. The second kappa shape index (κ2) is 8.68. The number of unbranched alkanes of at least 4 members (excludes halogenated alkanes) is 1. The molecule has 7 heteroatoms. The summed E-state index contributed by atoms with van der Waals surface area (Å²) in [6, 6.07) is 8.65. The van der Waals surface area contributed by atoms with Gasteiger partial charge in [-0.25, -0.2) is 14.6 Å². The zero-order valence-electron chi connectivity index (χ0n) is 14.1. The molecule has 0 atom stereocenters. The van der Waals surface area contributed by atoms with Crippen LogP contribution in [0.2, 0.25) is 0 Å². The van der Waals surface area contributed by atoms with Gasteiger partial charge in [-0.1, -0.05) is 25.5 Å². The molecular weight excluding hydrogens is 324 g/mol. The van der Waals surface area contributed by atoms with Gasteiger partial charge in [-0.3, -0.25) is 5.32 Å². The van der Waals surface area contributed by atoms with Gasteiger partial charge in [-0.2, -0.15) is 0 Å². The quantitative estimate of drug-likeness (QED) is 0.741. The molecule has 1 amide bonds. The van der Waals surface area contributed by atoms with Gasteiger partial charge in [0, 0.05) is 17.4 Å². The Bertz CT molecular complexity index is 744. The number of amides is 1. The highest BCUT2D eigenvalue weighted by Gasteiger charge is 2.14. The molecule has 0 unspecified atom stereocenters. The summed E-state index contributed by atoms with van der Waals surface area (Å²) in [6.45, 7) is 2.41. The van der Waals surface area contributed by atoms with E-state index in [1.54, 1.807) is 30.3 Å². The molecule has 25 heavy (non-hydrogen) atoms. The molecule has 0 aliphatic heterocycles. The minimum Gasteiger partial charge on any atom is -0.494 e. The van der Waals surface area contributed by atoms with Crippen LogP contribution in [0.1, 0.15) is 30.3 Å². The van der Waals surface area contributed by atoms with Crippen LogP contribution in [0.25, 0.3) is 11.1 Å². The number of methoxy groups -OCH3 is 1. The third-order valence-electron chi connectivity index (χ3n) is 3.47. The summed E-state index contributed by atoms with van der Waals surface area (Å²) in [4.78, 5) is 26.6. The number of carboxylic acid groups (broad SMARTS) is 1. The molecule has 1 aromatic heterocycles. The van der Waals surface area contributed by atoms with Crippen molar-refractivity contribution < 1.29 is 24.2 Å². The largest absolute Gasteiger partial charge is 0.494 e. The highest BCUT2D eigenvalue weighted by molar-refractivity contribution is 5.89. The predicted molar refractivity (Wildman–Crippen MR) is 93.1 cm³/mol. The molecule has 132 valence electrons. The molecular formula is C18H20N2O5. The van der Waals surface area contributed by atoms with E-state index in [1.165, 1.54) is 13.3 Å². The number of hydrogen-bond donors (Lipinski definition) is 2. The zero-order chi connectivity index (χ0) is 18.2. The molecule has 2 rings (SSSR count). The fourth-order valence-corrected chi connectivity index (χ4v) is 2.13. The van der Waals surface area contributed by atoms with Gasteiger partial charge < -0.3 is 14.6 Å². The molecule has 2 aromatic rings. The third-order valence-corrected chi connectivity index (χ3v) is 3.47. The van der Waals surface area contributed by atoms with Crippen molar-refractivity contribution in [1.29, 1.82) is 0 Å². The first-order chi connectivity index (χ1) is 12.0.